The zero-order valence-electron chi connectivity index (χ0n) is 17.9. The van der Waals surface area contributed by atoms with E-state index in [1.54, 1.807) is 23.3 Å². The van der Waals surface area contributed by atoms with Gasteiger partial charge in [-0.05, 0) is 69.3 Å². The summed E-state index contributed by atoms with van der Waals surface area (Å²) in [6.07, 6.45) is 1.54. The third kappa shape index (κ3) is 4.78. The Morgan fingerprint density at radius 1 is 1.13 bits per heavy atom. The molecule has 1 saturated heterocycles. The molecule has 0 N–H and O–H groups in total. The molecule has 0 radical (unpaired) electrons. The number of hydrogen-bond acceptors (Lipinski definition) is 6. The van der Waals surface area contributed by atoms with Crippen molar-refractivity contribution in [2.24, 2.45) is 5.92 Å². The Balaban J connectivity index is 1.34. The van der Waals surface area contributed by atoms with Crippen LogP contribution >= 0.6 is 11.3 Å². The number of Topliss-reactive ketones (excluding diaryl/α,β-unsaturated/α-hetero) is 1. The lowest BCUT2D eigenvalue weighted by molar-refractivity contribution is -0.120. The molecule has 1 aromatic heterocycles. The van der Waals surface area contributed by atoms with Gasteiger partial charge in [-0.2, -0.15) is 0 Å². The number of benzene rings is 2. The van der Waals surface area contributed by atoms with Crippen LogP contribution in [0.2, 0.25) is 0 Å². The van der Waals surface area contributed by atoms with Crippen LogP contribution in [0, 0.1) is 5.92 Å². The van der Waals surface area contributed by atoms with Crippen LogP contribution in [0.15, 0.2) is 48.5 Å². The average molecular weight is 438 g/mol. The van der Waals surface area contributed by atoms with E-state index in [1.807, 2.05) is 55.5 Å². The third-order valence-corrected chi connectivity index (χ3v) is 6.88. The van der Waals surface area contributed by atoms with Gasteiger partial charge in [0.05, 0.1) is 23.9 Å². The Hall–Kier alpha value is -2.77. The lowest BCUT2D eigenvalue weighted by Gasteiger charge is -2.32. The highest BCUT2D eigenvalue weighted by molar-refractivity contribution is 7.22. The number of aromatic nitrogens is 1. The van der Waals surface area contributed by atoms with E-state index in [9.17, 15) is 9.59 Å². The van der Waals surface area contributed by atoms with E-state index in [0.29, 0.717) is 13.1 Å². The van der Waals surface area contributed by atoms with E-state index in [0.717, 1.165) is 52.6 Å². The standard InChI is InChI=1S/C24H27N3O3S/c1-3-27(24-25-20-6-4-5-7-21(20)31-24)22(28)16-26-14-12-18(13-15-26)23(29)17-8-10-19(30-2)11-9-17/h4-11,18H,3,12-16H2,1-2H3. The number of amides is 1. The molecule has 1 aliphatic rings. The van der Waals surface area contributed by atoms with Gasteiger partial charge in [0.25, 0.3) is 0 Å². The maximum atomic E-state index is 13.0. The molecule has 3 aromatic rings. The number of methoxy groups -OCH3 is 1. The first-order valence-electron chi connectivity index (χ1n) is 10.7. The minimum Gasteiger partial charge on any atom is -0.497 e. The van der Waals surface area contributed by atoms with Crippen LogP contribution in [0.5, 0.6) is 5.75 Å². The molecule has 0 bridgehead atoms. The van der Waals surface area contributed by atoms with E-state index in [1.165, 1.54) is 0 Å². The Labute approximate surface area is 186 Å². The van der Waals surface area contributed by atoms with Gasteiger partial charge < -0.3 is 4.74 Å². The van der Waals surface area contributed by atoms with Crippen LogP contribution < -0.4 is 9.64 Å². The predicted molar refractivity (Wildman–Crippen MR) is 124 cm³/mol. The molecule has 7 heteroatoms. The van der Waals surface area contributed by atoms with Crippen LogP contribution in [0.25, 0.3) is 10.2 Å². The summed E-state index contributed by atoms with van der Waals surface area (Å²) in [5.74, 6) is 0.990. The lowest BCUT2D eigenvalue weighted by Crippen LogP contribution is -2.44. The first-order chi connectivity index (χ1) is 15.1. The van der Waals surface area contributed by atoms with Crippen LogP contribution in [-0.4, -0.2) is 54.9 Å². The molecule has 6 nitrogen and oxygen atoms in total. The van der Waals surface area contributed by atoms with Crippen molar-refractivity contribution in [1.29, 1.82) is 0 Å². The molecular weight excluding hydrogens is 410 g/mol. The van der Waals surface area contributed by atoms with Crippen molar-refractivity contribution >= 4 is 38.4 Å². The predicted octanol–water partition coefficient (Wildman–Crippen LogP) is 4.25. The summed E-state index contributed by atoms with van der Waals surface area (Å²) in [5, 5.41) is 0.748. The molecular formula is C24H27N3O3S. The number of anilines is 1. The van der Waals surface area contributed by atoms with E-state index in [-0.39, 0.29) is 17.6 Å². The van der Waals surface area contributed by atoms with Gasteiger partial charge in [0, 0.05) is 18.0 Å². The fraction of sp³-hybridized carbons (Fsp3) is 0.375. The largest absolute Gasteiger partial charge is 0.497 e. The second-order valence-electron chi connectivity index (χ2n) is 7.75. The lowest BCUT2D eigenvalue weighted by atomic mass is 9.89. The van der Waals surface area contributed by atoms with Crippen molar-refractivity contribution in [3.63, 3.8) is 0 Å². The van der Waals surface area contributed by atoms with E-state index in [2.05, 4.69) is 9.88 Å². The summed E-state index contributed by atoms with van der Waals surface area (Å²) in [6, 6.07) is 15.2. The summed E-state index contributed by atoms with van der Waals surface area (Å²) in [4.78, 5) is 34.3. The summed E-state index contributed by atoms with van der Waals surface area (Å²) < 4.78 is 6.25. The summed E-state index contributed by atoms with van der Waals surface area (Å²) in [7, 11) is 1.62. The van der Waals surface area contributed by atoms with Crippen LogP contribution in [0.1, 0.15) is 30.1 Å². The number of ether oxygens (including phenoxy) is 1. The number of piperidine rings is 1. The van der Waals surface area contributed by atoms with Crippen molar-refractivity contribution in [1.82, 2.24) is 9.88 Å². The molecule has 0 unspecified atom stereocenters. The number of para-hydroxylation sites is 1. The highest BCUT2D eigenvalue weighted by atomic mass is 32.1. The van der Waals surface area contributed by atoms with E-state index in [4.69, 9.17) is 4.74 Å². The van der Waals surface area contributed by atoms with Gasteiger partial charge in [-0.25, -0.2) is 4.98 Å². The Morgan fingerprint density at radius 2 is 1.84 bits per heavy atom. The zero-order chi connectivity index (χ0) is 21.8. The fourth-order valence-electron chi connectivity index (χ4n) is 4.01. The highest BCUT2D eigenvalue weighted by Crippen LogP contribution is 2.29. The summed E-state index contributed by atoms with van der Waals surface area (Å²) >= 11 is 1.55. The van der Waals surface area contributed by atoms with Gasteiger partial charge in [0.15, 0.2) is 10.9 Å². The van der Waals surface area contributed by atoms with Crippen LogP contribution in [0.3, 0.4) is 0 Å². The van der Waals surface area contributed by atoms with Crippen LogP contribution in [0.4, 0.5) is 5.13 Å². The molecule has 1 fully saturated rings. The average Bonchev–Trinajstić information content (AvgIpc) is 3.23. The third-order valence-electron chi connectivity index (χ3n) is 5.82. The quantitative estimate of drug-likeness (QED) is 0.517. The number of carbonyl (C=O) groups excluding carboxylic acids is 2. The fourth-order valence-corrected chi connectivity index (χ4v) is 5.06. The maximum absolute atomic E-state index is 13.0. The zero-order valence-corrected chi connectivity index (χ0v) is 18.7. The molecule has 0 saturated carbocycles. The molecule has 0 atom stereocenters. The van der Waals surface area contributed by atoms with E-state index >= 15 is 0 Å². The van der Waals surface area contributed by atoms with Crippen molar-refractivity contribution in [2.45, 2.75) is 19.8 Å². The second-order valence-corrected chi connectivity index (χ2v) is 8.75. The number of ketones is 1. The second kappa shape index (κ2) is 9.58. The Kier molecular flexibility index (Phi) is 6.63. The molecule has 162 valence electrons. The summed E-state index contributed by atoms with van der Waals surface area (Å²) in [6.45, 7) is 4.41. The molecule has 31 heavy (non-hydrogen) atoms. The first-order valence-corrected chi connectivity index (χ1v) is 11.5. The smallest absolute Gasteiger partial charge is 0.242 e. The number of likely N-dealkylation sites (N-methyl/N-ethyl adjacent to an activating group) is 1. The maximum Gasteiger partial charge on any atom is 0.242 e. The van der Waals surface area contributed by atoms with Crippen molar-refractivity contribution in [3.05, 3.63) is 54.1 Å². The number of thiazole rings is 1. The topological polar surface area (TPSA) is 62.7 Å². The minimum atomic E-state index is 0.00582. The number of nitrogens with zero attached hydrogens (tertiary/aromatic N) is 3. The highest BCUT2D eigenvalue weighted by Gasteiger charge is 2.28. The Morgan fingerprint density at radius 3 is 2.48 bits per heavy atom. The molecule has 1 aliphatic heterocycles. The van der Waals surface area contributed by atoms with Crippen molar-refractivity contribution < 1.29 is 14.3 Å². The molecule has 1 amide bonds. The van der Waals surface area contributed by atoms with Crippen molar-refractivity contribution in [3.8, 4) is 5.75 Å². The Bertz CT molecular complexity index is 1020. The van der Waals surface area contributed by atoms with Gasteiger partial charge in [-0.1, -0.05) is 23.5 Å². The number of hydrogen-bond donors (Lipinski definition) is 0. The number of rotatable bonds is 7. The van der Waals surface area contributed by atoms with Crippen molar-refractivity contribution in [2.75, 3.05) is 38.2 Å². The molecule has 4 rings (SSSR count). The minimum absolute atomic E-state index is 0.00582. The van der Waals surface area contributed by atoms with Gasteiger partial charge in [-0.3, -0.25) is 19.4 Å². The molecule has 2 aromatic carbocycles. The van der Waals surface area contributed by atoms with Crippen LogP contribution in [-0.2, 0) is 4.79 Å². The number of likely N-dealkylation sites (tertiary alicyclic amines) is 1. The molecule has 0 aliphatic carbocycles. The van der Waals surface area contributed by atoms with Gasteiger partial charge in [0.2, 0.25) is 5.91 Å². The SMILES string of the molecule is CCN(C(=O)CN1CCC(C(=O)c2ccc(OC)cc2)CC1)c1nc2ccccc2s1. The molecule has 0 spiro atoms. The number of carbonyl (C=O) groups is 2. The van der Waals surface area contributed by atoms with Gasteiger partial charge in [-0.15, -0.1) is 0 Å². The first kappa shape index (κ1) is 21.5. The van der Waals surface area contributed by atoms with E-state index < -0.39 is 0 Å². The number of fused-ring (bicyclic) bond motifs is 1. The monoisotopic (exact) mass is 437 g/mol. The molecule has 2 heterocycles. The normalized spacial score (nSPS) is 15.2. The van der Waals surface area contributed by atoms with Gasteiger partial charge >= 0.3 is 0 Å². The van der Waals surface area contributed by atoms with Gasteiger partial charge in [0.1, 0.15) is 5.75 Å². The summed E-state index contributed by atoms with van der Waals surface area (Å²) in [5.41, 5.74) is 1.65.